The van der Waals surface area contributed by atoms with Gasteiger partial charge in [0.05, 0.1) is 19.1 Å². The number of amides is 3. The molecule has 0 saturated carbocycles. The summed E-state index contributed by atoms with van der Waals surface area (Å²) >= 11 is 0. The second-order valence-electron chi connectivity index (χ2n) is 8.89. The van der Waals surface area contributed by atoms with E-state index in [0.29, 0.717) is 37.2 Å². The number of para-hydroxylation sites is 1. The lowest BCUT2D eigenvalue weighted by Gasteiger charge is -2.41. The van der Waals surface area contributed by atoms with E-state index in [4.69, 9.17) is 4.74 Å². The van der Waals surface area contributed by atoms with Gasteiger partial charge in [-0.05, 0) is 36.6 Å². The van der Waals surface area contributed by atoms with E-state index in [1.807, 2.05) is 41.3 Å². The molecular formula is C27H35N3O4. The van der Waals surface area contributed by atoms with Crippen LogP contribution >= 0.6 is 0 Å². The van der Waals surface area contributed by atoms with Gasteiger partial charge in [-0.3, -0.25) is 14.4 Å². The Hall–Kier alpha value is -3.35. The van der Waals surface area contributed by atoms with Crippen molar-refractivity contribution < 1.29 is 19.1 Å². The lowest BCUT2D eigenvalue weighted by atomic mass is 9.83. The summed E-state index contributed by atoms with van der Waals surface area (Å²) in [5.41, 5.74) is 2.38. The van der Waals surface area contributed by atoms with Gasteiger partial charge < -0.3 is 19.9 Å². The zero-order valence-corrected chi connectivity index (χ0v) is 20.5. The zero-order valence-electron chi connectivity index (χ0n) is 20.5. The van der Waals surface area contributed by atoms with Crippen molar-refractivity contribution in [1.29, 1.82) is 0 Å². The number of nitrogens with one attached hydrogen (secondary N) is 1. The number of carbonyl (C=O) groups excluding carboxylic acids is 3. The predicted molar refractivity (Wildman–Crippen MR) is 131 cm³/mol. The highest BCUT2D eigenvalue weighted by Crippen LogP contribution is 2.40. The number of ether oxygens (including phenoxy) is 1. The van der Waals surface area contributed by atoms with Crippen LogP contribution < -0.4 is 10.1 Å². The predicted octanol–water partition coefficient (Wildman–Crippen LogP) is 3.79. The van der Waals surface area contributed by atoms with Crippen molar-refractivity contribution in [1.82, 2.24) is 15.1 Å². The summed E-state index contributed by atoms with van der Waals surface area (Å²) in [6, 6.07) is 14.5. The van der Waals surface area contributed by atoms with Gasteiger partial charge in [-0.25, -0.2) is 0 Å². The number of hydrogen-bond acceptors (Lipinski definition) is 4. The summed E-state index contributed by atoms with van der Waals surface area (Å²) in [6.45, 7) is 3.06. The molecule has 0 spiro atoms. The maximum Gasteiger partial charge on any atom is 0.253 e. The first-order valence-corrected chi connectivity index (χ1v) is 11.9. The number of carbonyl (C=O) groups is 3. The van der Waals surface area contributed by atoms with Crippen LogP contribution in [-0.4, -0.2) is 55.3 Å². The van der Waals surface area contributed by atoms with Crippen LogP contribution in [0.2, 0.25) is 0 Å². The van der Waals surface area contributed by atoms with Gasteiger partial charge in [-0.2, -0.15) is 0 Å². The number of rotatable bonds is 9. The molecule has 3 rings (SSSR count). The molecule has 2 aromatic rings. The van der Waals surface area contributed by atoms with Gasteiger partial charge in [-0.15, -0.1) is 0 Å². The van der Waals surface area contributed by atoms with E-state index in [1.54, 1.807) is 33.3 Å². The fourth-order valence-electron chi connectivity index (χ4n) is 4.46. The molecule has 2 aromatic carbocycles. The van der Waals surface area contributed by atoms with E-state index in [-0.39, 0.29) is 29.7 Å². The fraction of sp³-hybridized carbons (Fsp3) is 0.444. The quantitative estimate of drug-likeness (QED) is 0.611. The molecule has 7 heteroatoms. The van der Waals surface area contributed by atoms with E-state index in [9.17, 15) is 14.4 Å². The first-order chi connectivity index (χ1) is 16.4. The highest BCUT2D eigenvalue weighted by molar-refractivity contribution is 5.93. The average molecular weight is 466 g/mol. The summed E-state index contributed by atoms with van der Waals surface area (Å²) < 4.78 is 5.59. The Balaban J connectivity index is 1.80. The van der Waals surface area contributed by atoms with Crippen molar-refractivity contribution in [2.24, 2.45) is 5.92 Å². The Labute approximate surface area is 202 Å². The third-order valence-electron chi connectivity index (χ3n) is 6.33. The zero-order chi connectivity index (χ0) is 24.7. The van der Waals surface area contributed by atoms with Gasteiger partial charge in [0.2, 0.25) is 11.8 Å². The molecule has 0 aromatic heterocycles. The molecule has 3 amide bonds. The van der Waals surface area contributed by atoms with Gasteiger partial charge in [0, 0.05) is 44.7 Å². The largest absolute Gasteiger partial charge is 0.496 e. The van der Waals surface area contributed by atoms with Crippen molar-refractivity contribution in [3.05, 3.63) is 65.2 Å². The summed E-state index contributed by atoms with van der Waals surface area (Å²) in [6.07, 6.45) is 2.69. The molecule has 2 atom stereocenters. The van der Waals surface area contributed by atoms with Crippen molar-refractivity contribution in [2.45, 2.75) is 45.2 Å². The minimum absolute atomic E-state index is 0.0609. The van der Waals surface area contributed by atoms with Crippen LogP contribution in [0.3, 0.4) is 0 Å². The Kier molecular flexibility index (Phi) is 8.68. The summed E-state index contributed by atoms with van der Waals surface area (Å²) in [4.78, 5) is 41.8. The molecule has 0 aliphatic carbocycles. The van der Waals surface area contributed by atoms with Crippen molar-refractivity contribution in [3.8, 4) is 5.75 Å². The number of unbranched alkanes of at least 4 members (excludes halogenated alkanes) is 1. The number of piperidine rings is 1. The number of likely N-dealkylation sites (tertiary alicyclic amines) is 1. The lowest BCUT2D eigenvalue weighted by molar-refractivity contribution is -0.143. The second-order valence-corrected chi connectivity index (χ2v) is 8.89. The van der Waals surface area contributed by atoms with E-state index in [0.717, 1.165) is 24.0 Å². The SMILES string of the molecule is CCCCN1C(=O)CCC(C(=O)NCc2ccc(C(=O)N(C)C)cc2)C1c1ccccc1OC. The highest BCUT2D eigenvalue weighted by Gasteiger charge is 2.41. The minimum atomic E-state index is -0.375. The van der Waals surface area contributed by atoms with Crippen LogP contribution in [0.5, 0.6) is 5.75 Å². The van der Waals surface area contributed by atoms with E-state index < -0.39 is 0 Å². The summed E-state index contributed by atoms with van der Waals surface area (Å²) in [7, 11) is 5.04. The Morgan fingerprint density at radius 3 is 2.47 bits per heavy atom. The van der Waals surface area contributed by atoms with Crippen LogP contribution in [0.4, 0.5) is 0 Å². The van der Waals surface area contributed by atoms with Gasteiger partial charge in [0.1, 0.15) is 5.75 Å². The molecule has 0 bridgehead atoms. The van der Waals surface area contributed by atoms with Crippen molar-refractivity contribution in [2.75, 3.05) is 27.7 Å². The van der Waals surface area contributed by atoms with Gasteiger partial charge in [0.15, 0.2) is 0 Å². The maximum absolute atomic E-state index is 13.4. The molecule has 1 fully saturated rings. The summed E-state index contributed by atoms with van der Waals surface area (Å²) in [5.74, 6) is 0.241. The van der Waals surface area contributed by atoms with Gasteiger partial charge in [0.25, 0.3) is 5.91 Å². The summed E-state index contributed by atoms with van der Waals surface area (Å²) in [5, 5.41) is 3.06. The molecule has 34 heavy (non-hydrogen) atoms. The molecule has 1 aliphatic rings. The smallest absolute Gasteiger partial charge is 0.253 e. The first kappa shape index (κ1) is 25.3. The number of nitrogens with zero attached hydrogens (tertiary/aromatic N) is 2. The Morgan fingerprint density at radius 2 is 1.82 bits per heavy atom. The average Bonchev–Trinajstić information content (AvgIpc) is 2.86. The minimum Gasteiger partial charge on any atom is -0.496 e. The lowest BCUT2D eigenvalue weighted by Crippen LogP contribution is -2.48. The van der Waals surface area contributed by atoms with Crippen LogP contribution in [0.25, 0.3) is 0 Å². The molecule has 182 valence electrons. The molecule has 2 unspecified atom stereocenters. The van der Waals surface area contributed by atoms with Crippen LogP contribution in [0, 0.1) is 5.92 Å². The maximum atomic E-state index is 13.4. The van der Waals surface area contributed by atoms with E-state index in [1.165, 1.54) is 4.90 Å². The fourth-order valence-corrected chi connectivity index (χ4v) is 4.46. The number of benzene rings is 2. The molecule has 1 heterocycles. The molecule has 1 N–H and O–H groups in total. The standard InChI is InChI=1S/C27H35N3O4/c1-5-6-17-30-24(31)16-15-22(25(30)21-9-7-8-10-23(21)34-4)26(32)28-18-19-11-13-20(14-12-19)27(33)29(2)3/h7-14,22,25H,5-6,15-18H2,1-4H3,(H,28,32). The van der Waals surface area contributed by atoms with Gasteiger partial charge in [-0.1, -0.05) is 43.7 Å². The Bertz CT molecular complexity index is 1000. The molecule has 1 saturated heterocycles. The molecule has 1 aliphatic heterocycles. The van der Waals surface area contributed by atoms with E-state index >= 15 is 0 Å². The van der Waals surface area contributed by atoms with Crippen LogP contribution in [0.1, 0.15) is 60.1 Å². The third kappa shape index (κ3) is 5.76. The monoisotopic (exact) mass is 465 g/mol. The van der Waals surface area contributed by atoms with Crippen LogP contribution in [0.15, 0.2) is 48.5 Å². The van der Waals surface area contributed by atoms with Crippen molar-refractivity contribution in [3.63, 3.8) is 0 Å². The van der Waals surface area contributed by atoms with Crippen molar-refractivity contribution >= 4 is 17.7 Å². The number of hydrogen-bond donors (Lipinski definition) is 1. The second kappa shape index (κ2) is 11.7. The number of methoxy groups -OCH3 is 1. The normalized spacial score (nSPS) is 17.9. The van der Waals surface area contributed by atoms with E-state index in [2.05, 4.69) is 12.2 Å². The topological polar surface area (TPSA) is 79.0 Å². The molecular weight excluding hydrogens is 430 g/mol. The van der Waals surface area contributed by atoms with Crippen LogP contribution in [-0.2, 0) is 16.1 Å². The molecule has 7 nitrogen and oxygen atoms in total. The first-order valence-electron chi connectivity index (χ1n) is 11.9. The highest BCUT2D eigenvalue weighted by atomic mass is 16.5. The molecule has 0 radical (unpaired) electrons. The Morgan fingerprint density at radius 1 is 1.12 bits per heavy atom. The van der Waals surface area contributed by atoms with Gasteiger partial charge >= 0.3 is 0 Å². The third-order valence-corrected chi connectivity index (χ3v) is 6.33.